The minimum absolute atomic E-state index is 0.200. The molecule has 1 aliphatic heterocycles. The summed E-state index contributed by atoms with van der Waals surface area (Å²) in [5.74, 6) is 0.200. The van der Waals surface area contributed by atoms with E-state index in [1.165, 1.54) is 12.8 Å². The quantitative estimate of drug-likeness (QED) is 0.655. The van der Waals surface area contributed by atoms with Gasteiger partial charge in [-0.1, -0.05) is 12.8 Å². The minimum atomic E-state index is 0.200. The summed E-state index contributed by atoms with van der Waals surface area (Å²) in [5, 5.41) is 6.46. The smallest absolute Gasteiger partial charge is 0.221 e. The Morgan fingerprint density at radius 1 is 1.16 bits per heavy atom. The highest BCUT2D eigenvalue weighted by atomic mass is 16.5. The molecule has 19 heavy (non-hydrogen) atoms. The minimum Gasteiger partial charge on any atom is -0.379 e. The van der Waals surface area contributed by atoms with Gasteiger partial charge in [0.25, 0.3) is 0 Å². The van der Waals surface area contributed by atoms with Gasteiger partial charge in [-0.25, -0.2) is 0 Å². The molecule has 0 aromatic heterocycles. The van der Waals surface area contributed by atoms with Crippen molar-refractivity contribution < 1.29 is 9.53 Å². The van der Waals surface area contributed by atoms with Crippen LogP contribution in [0.15, 0.2) is 0 Å². The number of hydrogen-bond donors (Lipinski definition) is 2. The first kappa shape index (κ1) is 14.8. The molecule has 1 amide bonds. The van der Waals surface area contributed by atoms with Gasteiger partial charge < -0.3 is 15.4 Å². The molecule has 0 bridgehead atoms. The summed E-state index contributed by atoms with van der Waals surface area (Å²) >= 11 is 0. The number of hydrogen-bond acceptors (Lipinski definition) is 4. The van der Waals surface area contributed by atoms with Gasteiger partial charge in [0.2, 0.25) is 5.91 Å². The van der Waals surface area contributed by atoms with Crippen molar-refractivity contribution in [1.29, 1.82) is 0 Å². The third kappa shape index (κ3) is 5.89. The van der Waals surface area contributed by atoms with Gasteiger partial charge in [0.15, 0.2) is 0 Å². The largest absolute Gasteiger partial charge is 0.379 e. The number of amides is 1. The Kier molecular flexibility index (Phi) is 6.61. The number of nitrogens with zero attached hydrogens (tertiary/aromatic N) is 1. The fourth-order valence-corrected chi connectivity index (χ4v) is 2.76. The van der Waals surface area contributed by atoms with Crippen LogP contribution in [0.25, 0.3) is 0 Å². The zero-order valence-corrected chi connectivity index (χ0v) is 11.8. The topological polar surface area (TPSA) is 53.6 Å². The van der Waals surface area contributed by atoms with Crippen LogP contribution < -0.4 is 10.6 Å². The molecule has 1 saturated carbocycles. The molecule has 2 fully saturated rings. The predicted octanol–water partition coefficient (Wildman–Crippen LogP) is 0.357. The highest BCUT2D eigenvalue weighted by molar-refractivity contribution is 5.76. The first-order chi connectivity index (χ1) is 9.34. The number of rotatable bonds is 7. The summed E-state index contributed by atoms with van der Waals surface area (Å²) in [6.45, 7) is 6.55. The number of morpholine rings is 1. The molecule has 0 spiro atoms. The van der Waals surface area contributed by atoms with Gasteiger partial charge in [-0.3, -0.25) is 9.69 Å². The van der Waals surface area contributed by atoms with Crippen LogP contribution in [-0.2, 0) is 9.53 Å². The maximum absolute atomic E-state index is 11.7. The van der Waals surface area contributed by atoms with Crippen molar-refractivity contribution in [1.82, 2.24) is 15.5 Å². The van der Waals surface area contributed by atoms with Crippen molar-refractivity contribution in [2.24, 2.45) is 0 Å². The molecule has 1 saturated heterocycles. The van der Waals surface area contributed by atoms with Gasteiger partial charge >= 0.3 is 0 Å². The van der Waals surface area contributed by atoms with Gasteiger partial charge in [0, 0.05) is 45.2 Å². The number of ether oxygens (including phenoxy) is 1. The Labute approximate surface area is 116 Å². The first-order valence-electron chi connectivity index (χ1n) is 7.65. The van der Waals surface area contributed by atoms with Gasteiger partial charge in [-0.05, 0) is 12.8 Å². The molecule has 110 valence electrons. The van der Waals surface area contributed by atoms with E-state index in [9.17, 15) is 4.79 Å². The van der Waals surface area contributed by atoms with Crippen molar-refractivity contribution in [3.05, 3.63) is 0 Å². The van der Waals surface area contributed by atoms with Crippen molar-refractivity contribution in [2.45, 2.75) is 38.1 Å². The standard InChI is InChI=1S/C14H27N3O2/c18-14(16-13-3-1-2-4-13)5-6-15-7-8-17-9-11-19-12-10-17/h13,15H,1-12H2,(H,16,18). The molecule has 0 aromatic rings. The summed E-state index contributed by atoms with van der Waals surface area (Å²) in [6.07, 6.45) is 5.46. The molecule has 5 nitrogen and oxygen atoms in total. The second-order valence-electron chi connectivity index (χ2n) is 5.50. The summed E-state index contributed by atoms with van der Waals surface area (Å²) in [7, 11) is 0. The first-order valence-corrected chi connectivity index (χ1v) is 7.65. The number of carbonyl (C=O) groups is 1. The van der Waals surface area contributed by atoms with Crippen LogP contribution in [0, 0.1) is 0 Å². The lowest BCUT2D eigenvalue weighted by atomic mass is 10.2. The summed E-state index contributed by atoms with van der Waals surface area (Å²) in [6, 6.07) is 0.445. The lowest BCUT2D eigenvalue weighted by Crippen LogP contribution is -2.41. The van der Waals surface area contributed by atoms with Crippen molar-refractivity contribution in [3.63, 3.8) is 0 Å². The summed E-state index contributed by atoms with van der Waals surface area (Å²) < 4.78 is 5.31. The lowest BCUT2D eigenvalue weighted by Gasteiger charge is -2.26. The molecule has 0 aromatic carbocycles. The van der Waals surface area contributed by atoms with Crippen molar-refractivity contribution >= 4 is 5.91 Å². The van der Waals surface area contributed by atoms with E-state index in [4.69, 9.17) is 4.74 Å². The van der Waals surface area contributed by atoms with E-state index in [1.807, 2.05) is 0 Å². The van der Waals surface area contributed by atoms with Crippen LogP contribution in [0.4, 0.5) is 0 Å². The van der Waals surface area contributed by atoms with Crippen LogP contribution in [0.2, 0.25) is 0 Å². The maximum atomic E-state index is 11.7. The Bertz CT molecular complexity index is 261. The molecule has 2 rings (SSSR count). The Morgan fingerprint density at radius 2 is 1.89 bits per heavy atom. The molecule has 1 aliphatic carbocycles. The van der Waals surface area contributed by atoms with Gasteiger partial charge in [-0.2, -0.15) is 0 Å². The normalized spacial score (nSPS) is 21.7. The van der Waals surface area contributed by atoms with E-state index in [0.717, 1.165) is 58.8 Å². The van der Waals surface area contributed by atoms with Crippen molar-refractivity contribution in [2.75, 3.05) is 45.9 Å². The monoisotopic (exact) mass is 269 g/mol. The molecule has 0 unspecified atom stereocenters. The van der Waals surface area contributed by atoms with Crippen LogP contribution in [0.1, 0.15) is 32.1 Å². The summed E-state index contributed by atoms with van der Waals surface area (Å²) in [4.78, 5) is 14.1. The van der Waals surface area contributed by atoms with Crippen LogP contribution in [0.3, 0.4) is 0 Å². The van der Waals surface area contributed by atoms with E-state index in [1.54, 1.807) is 0 Å². The van der Waals surface area contributed by atoms with E-state index in [2.05, 4.69) is 15.5 Å². The van der Waals surface area contributed by atoms with E-state index >= 15 is 0 Å². The third-order valence-corrected chi connectivity index (χ3v) is 3.96. The SMILES string of the molecule is O=C(CCNCCN1CCOCC1)NC1CCCC1. The van der Waals surface area contributed by atoms with Crippen LogP contribution >= 0.6 is 0 Å². The van der Waals surface area contributed by atoms with Gasteiger partial charge in [0.1, 0.15) is 0 Å². The highest BCUT2D eigenvalue weighted by Crippen LogP contribution is 2.17. The molecule has 2 aliphatic rings. The fraction of sp³-hybridized carbons (Fsp3) is 0.929. The Morgan fingerprint density at radius 3 is 2.63 bits per heavy atom. The molecule has 0 atom stereocenters. The number of carbonyl (C=O) groups excluding carboxylic acids is 1. The second kappa shape index (κ2) is 8.51. The zero-order valence-electron chi connectivity index (χ0n) is 11.8. The molecule has 1 heterocycles. The van der Waals surface area contributed by atoms with Crippen LogP contribution in [-0.4, -0.2) is 62.8 Å². The predicted molar refractivity (Wildman–Crippen MR) is 75.1 cm³/mol. The van der Waals surface area contributed by atoms with Gasteiger partial charge in [0.05, 0.1) is 13.2 Å². The van der Waals surface area contributed by atoms with E-state index in [-0.39, 0.29) is 5.91 Å². The maximum Gasteiger partial charge on any atom is 0.221 e. The Hall–Kier alpha value is -0.650. The fourth-order valence-electron chi connectivity index (χ4n) is 2.76. The zero-order chi connectivity index (χ0) is 13.3. The van der Waals surface area contributed by atoms with Crippen molar-refractivity contribution in [3.8, 4) is 0 Å². The number of nitrogens with one attached hydrogen (secondary N) is 2. The molecule has 5 heteroatoms. The Balaban J connectivity index is 1.43. The lowest BCUT2D eigenvalue weighted by molar-refractivity contribution is -0.121. The molecule has 2 N–H and O–H groups in total. The molecular weight excluding hydrogens is 242 g/mol. The highest BCUT2D eigenvalue weighted by Gasteiger charge is 2.16. The van der Waals surface area contributed by atoms with E-state index < -0.39 is 0 Å². The summed E-state index contributed by atoms with van der Waals surface area (Å²) in [5.41, 5.74) is 0. The van der Waals surface area contributed by atoms with Gasteiger partial charge in [-0.15, -0.1) is 0 Å². The molecular formula is C14H27N3O2. The van der Waals surface area contributed by atoms with E-state index in [0.29, 0.717) is 12.5 Å². The third-order valence-electron chi connectivity index (χ3n) is 3.96. The molecule has 0 radical (unpaired) electrons. The van der Waals surface area contributed by atoms with Crippen LogP contribution in [0.5, 0.6) is 0 Å². The second-order valence-corrected chi connectivity index (χ2v) is 5.50. The average Bonchev–Trinajstić information content (AvgIpc) is 2.92. The average molecular weight is 269 g/mol.